The molecule has 2 rings (SSSR count). The van der Waals surface area contributed by atoms with Crippen LogP contribution in [0.2, 0.25) is 5.02 Å². The number of hydrogen-bond acceptors (Lipinski definition) is 4. The van der Waals surface area contributed by atoms with Gasteiger partial charge in [0.25, 0.3) is 0 Å². The predicted molar refractivity (Wildman–Crippen MR) is 68.9 cm³/mol. The fourth-order valence-corrected chi connectivity index (χ4v) is 2.38. The van der Waals surface area contributed by atoms with E-state index in [1.807, 2.05) is 12.1 Å². The van der Waals surface area contributed by atoms with Crippen molar-refractivity contribution in [3.63, 3.8) is 0 Å². The van der Waals surface area contributed by atoms with E-state index in [9.17, 15) is 0 Å². The zero-order chi connectivity index (χ0) is 11.7. The first-order chi connectivity index (χ1) is 7.58. The lowest BCUT2D eigenvalue weighted by atomic mass is 10.2. The van der Waals surface area contributed by atoms with E-state index >= 15 is 0 Å². The Balaban J connectivity index is 2.42. The summed E-state index contributed by atoms with van der Waals surface area (Å²) in [5.74, 6) is 0.389. The minimum Gasteiger partial charge on any atom is -0.398 e. The summed E-state index contributed by atoms with van der Waals surface area (Å²) in [6, 6.07) is 5.42. The number of nitrogen functional groups attached to an aromatic ring is 1. The lowest BCUT2D eigenvalue weighted by Gasteiger charge is -2.01. The summed E-state index contributed by atoms with van der Waals surface area (Å²) in [5, 5.41) is 10.8. The number of rotatable bonds is 2. The predicted octanol–water partition coefficient (Wildman–Crippen LogP) is 3.56. The zero-order valence-electron chi connectivity index (χ0n) is 9.07. The monoisotopic (exact) mass is 253 g/mol. The molecule has 0 aliphatic carbocycles. The highest BCUT2D eigenvalue weighted by atomic mass is 35.5. The maximum atomic E-state index is 5.89. The second-order valence-corrected chi connectivity index (χ2v) is 5.28. The van der Waals surface area contributed by atoms with E-state index in [-0.39, 0.29) is 0 Å². The Labute approximate surface area is 103 Å². The van der Waals surface area contributed by atoms with E-state index in [4.69, 9.17) is 17.3 Å². The van der Waals surface area contributed by atoms with Crippen LogP contribution in [0, 0.1) is 0 Å². The molecule has 0 aliphatic rings. The second kappa shape index (κ2) is 4.39. The average Bonchev–Trinajstić information content (AvgIpc) is 2.66. The Morgan fingerprint density at radius 3 is 2.62 bits per heavy atom. The van der Waals surface area contributed by atoms with Gasteiger partial charge in [0.2, 0.25) is 0 Å². The van der Waals surface area contributed by atoms with Crippen molar-refractivity contribution in [1.82, 2.24) is 10.2 Å². The first kappa shape index (κ1) is 11.4. The molecule has 1 aromatic heterocycles. The normalized spacial score (nSPS) is 11.0. The molecule has 5 heteroatoms. The van der Waals surface area contributed by atoms with Crippen molar-refractivity contribution in [1.29, 1.82) is 0 Å². The van der Waals surface area contributed by atoms with Crippen molar-refractivity contribution in [3.8, 4) is 10.6 Å². The van der Waals surface area contributed by atoms with Crippen molar-refractivity contribution in [2.45, 2.75) is 19.8 Å². The zero-order valence-corrected chi connectivity index (χ0v) is 10.6. The molecular weight excluding hydrogens is 242 g/mol. The molecule has 3 nitrogen and oxygen atoms in total. The Kier molecular flexibility index (Phi) is 3.12. The number of nitrogens with two attached hydrogens (primary N) is 1. The molecule has 0 bridgehead atoms. The molecule has 0 saturated carbocycles. The van der Waals surface area contributed by atoms with Crippen LogP contribution in [-0.4, -0.2) is 10.2 Å². The number of halogens is 1. The van der Waals surface area contributed by atoms with Crippen molar-refractivity contribution < 1.29 is 0 Å². The third kappa shape index (κ3) is 2.18. The number of aromatic nitrogens is 2. The van der Waals surface area contributed by atoms with E-state index in [2.05, 4.69) is 24.0 Å². The molecule has 0 radical (unpaired) electrons. The molecule has 0 amide bonds. The average molecular weight is 254 g/mol. The van der Waals surface area contributed by atoms with E-state index < -0.39 is 0 Å². The molecule has 1 aromatic carbocycles. The molecular formula is C11H12ClN3S. The van der Waals surface area contributed by atoms with Crippen molar-refractivity contribution in [2.24, 2.45) is 0 Å². The van der Waals surface area contributed by atoms with Crippen LogP contribution in [0.5, 0.6) is 0 Å². The van der Waals surface area contributed by atoms with Gasteiger partial charge in [0.1, 0.15) is 10.0 Å². The molecule has 1 heterocycles. The molecule has 2 N–H and O–H groups in total. The highest BCUT2D eigenvalue weighted by molar-refractivity contribution is 7.14. The topological polar surface area (TPSA) is 51.8 Å². The molecule has 0 saturated heterocycles. The molecule has 0 unspecified atom stereocenters. The molecule has 0 fully saturated rings. The third-order valence-corrected chi connectivity index (χ3v) is 3.67. The minimum absolute atomic E-state index is 0.389. The summed E-state index contributed by atoms with van der Waals surface area (Å²) in [6.07, 6.45) is 0. The molecule has 2 aromatic rings. The Bertz CT molecular complexity index is 508. The Hall–Kier alpha value is -1.13. The van der Waals surface area contributed by atoms with Gasteiger partial charge in [-0.05, 0) is 18.2 Å². The van der Waals surface area contributed by atoms with Gasteiger partial charge in [-0.3, -0.25) is 0 Å². The van der Waals surface area contributed by atoms with Crippen LogP contribution in [0.15, 0.2) is 18.2 Å². The SMILES string of the molecule is CC(C)c1nnc(-c2ccc(Cl)cc2N)s1. The van der Waals surface area contributed by atoms with Gasteiger partial charge >= 0.3 is 0 Å². The molecule has 16 heavy (non-hydrogen) atoms. The standard InChI is InChI=1S/C11H12ClN3S/c1-6(2)10-14-15-11(16-10)8-4-3-7(12)5-9(8)13/h3-6H,13H2,1-2H3. The van der Waals surface area contributed by atoms with Crippen molar-refractivity contribution in [2.75, 3.05) is 5.73 Å². The minimum atomic E-state index is 0.389. The molecule has 0 atom stereocenters. The highest BCUT2D eigenvalue weighted by Gasteiger charge is 2.11. The molecule has 0 aliphatic heterocycles. The highest BCUT2D eigenvalue weighted by Crippen LogP contribution is 2.32. The van der Waals surface area contributed by atoms with Crippen LogP contribution < -0.4 is 5.73 Å². The van der Waals surface area contributed by atoms with E-state index in [0.717, 1.165) is 15.6 Å². The number of anilines is 1. The summed E-state index contributed by atoms with van der Waals surface area (Å²) in [7, 11) is 0. The Morgan fingerprint density at radius 1 is 1.31 bits per heavy atom. The fourth-order valence-electron chi connectivity index (χ4n) is 1.31. The van der Waals surface area contributed by atoms with E-state index in [0.29, 0.717) is 16.6 Å². The van der Waals surface area contributed by atoms with Gasteiger partial charge in [-0.2, -0.15) is 0 Å². The maximum absolute atomic E-state index is 5.89. The summed E-state index contributed by atoms with van der Waals surface area (Å²) in [4.78, 5) is 0. The second-order valence-electron chi connectivity index (χ2n) is 3.83. The van der Waals surface area contributed by atoms with Gasteiger partial charge < -0.3 is 5.73 Å². The van der Waals surface area contributed by atoms with Crippen LogP contribution >= 0.6 is 22.9 Å². The van der Waals surface area contributed by atoms with Crippen molar-refractivity contribution in [3.05, 3.63) is 28.2 Å². The van der Waals surface area contributed by atoms with Crippen LogP contribution in [0.3, 0.4) is 0 Å². The largest absolute Gasteiger partial charge is 0.398 e. The lowest BCUT2D eigenvalue weighted by molar-refractivity contribution is 0.825. The smallest absolute Gasteiger partial charge is 0.149 e. The number of hydrogen-bond donors (Lipinski definition) is 1. The molecule has 0 spiro atoms. The number of benzene rings is 1. The van der Waals surface area contributed by atoms with E-state index in [1.54, 1.807) is 17.4 Å². The first-order valence-electron chi connectivity index (χ1n) is 4.96. The van der Waals surface area contributed by atoms with E-state index in [1.165, 1.54) is 0 Å². The van der Waals surface area contributed by atoms with Gasteiger partial charge in [0, 0.05) is 22.2 Å². The van der Waals surface area contributed by atoms with Gasteiger partial charge in [-0.15, -0.1) is 10.2 Å². The lowest BCUT2D eigenvalue weighted by Crippen LogP contribution is -1.89. The quantitative estimate of drug-likeness (QED) is 0.833. The summed E-state index contributed by atoms with van der Waals surface area (Å²) < 4.78 is 0. The molecule has 84 valence electrons. The summed E-state index contributed by atoms with van der Waals surface area (Å²) in [5.41, 5.74) is 7.43. The van der Waals surface area contributed by atoms with Crippen LogP contribution in [0.4, 0.5) is 5.69 Å². The van der Waals surface area contributed by atoms with Crippen LogP contribution in [0.25, 0.3) is 10.6 Å². The van der Waals surface area contributed by atoms with Gasteiger partial charge in [-0.25, -0.2) is 0 Å². The fraction of sp³-hybridized carbons (Fsp3) is 0.273. The van der Waals surface area contributed by atoms with Gasteiger partial charge in [0.15, 0.2) is 0 Å². The Morgan fingerprint density at radius 2 is 2.06 bits per heavy atom. The number of nitrogens with zero attached hydrogens (tertiary/aromatic N) is 2. The first-order valence-corrected chi connectivity index (χ1v) is 6.16. The van der Waals surface area contributed by atoms with Crippen LogP contribution in [0.1, 0.15) is 24.8 Å². The summed E-state index contributed by atoms with van der Waals surface area (Å²) in [6.45, 7) is 4.19. The third-order valence-electron chi connectivity index (χ3n) is 2.18. The van der Waals surface area contributed by atoms with Crippen LogP contribution in [-0.2, 0) is 0 Å². The summed E-state index contributed by atoms with van der Waals surface area (Å²) >= 11 is 7.42. The maximum Gasteiger partial charge on any atom is 0.149 e. The van der Waals surface area contributed by atoms with Gasteiger partial charge in [-0.1, -0.05) is 36.8 Å². The van der Waals surface area contributed by atoms with Gasteiger partial charge in [0.05, 0.1) is 0 Å². The van der Waals surface area contributed by atoms with Crippen molar-refractivity contribution >= 4 is 28.6 Å².